The van der Waals surface area contributed by atoms with E-state index < -0.39 is 18.1 Å². The first-order valence-electron chi connectivity index (χ1n) is 16.3. The monoisotopic (exact) mass is 618 g/mol. The second-order valence-electron chi connectivity index (χ2n) is 11.7. The highest BCUT2D eigenvalue weighted by Gasteiger charge is 2.31. The van der Waals surface area contributed by atoms with Crippen molar-refractivity contribution in [2.24, 2.45) is 0 Å². The number of carboxylic acid groups (broad SMARTS) is 1. The quantitative estimate of drug-likeness (QED) is 0.0440. The molecule has 0 aliphatic rings. The maximum atomic E-state index is 12.5. The number of hydrogen-bond donors (Lipinski definition) is 1. The summed E-state index contributed by atoms with van der Waals surface area (Å²) < 4.78 is 16.8. The molecule has 44 heavy (non-hydrogen) atoms. The minimum absolute atomic E-state index is 0.0340. The van der Waals surface area contributed by atoms with Gasteiger partial charge in [-0.25, -0.2) is 4.79 Å². The highest BCUT2D eigenvalue weighted by Crippen LogP contribution is 2.10. The van der Waals surface area contributed by atoms with Crippen LogP contribution in [0.15, 0.2) is 60.8 Å². The van der Waals surface area contributed by atoms with Gasteiger partial charge in [-0.3, -0.25) is 9.59 Å². The summed E-state index contributed by atoms with van der Waals surface area (Å²) in [6.07, 6.45) is 30.6. The van der Waals surface area contributed by atoms with Crippen LogP contribution in [0.25, 0.3) is 0 Å². The Labute approximate surface area is 267 Å². The number of esters is 2. The molecule has 8 nitrogen and oxygen atoms in total. The molecule has 250 valence electrons. The third-order valence-corrected chi connectivity index (χ3v) is 6.68. The number of allylic oxidation sites excluding steroid dienone is 10. The van der Waals surface area contributed by atoms with Crippen LogP contribution < -0.4 is 0 Å². The van der Waals surface area contributed by atoms with Crippen molar-refractivity contribution in [3.05, 3.63) is 60.8 Å². The van der Waals surface area contributed by atoms with E-state index in [1.807, 2.05) is 21.1 Å². The largest absolute Gasteiger partial charge is 0.477 e. The molecule has 0 fully saturated rings. The Kier molecular flexibility index (Phi) is 25.7. The number of carbonyl (C=O) groups is 3. The van der Waals surface area contributed by atoms with E-state index >= 15 is 0 Å². The third kappa shape index (κ3) is 25.5. The lowest BCUT2D eigenvalue weighted by Gasteiger charge is -2.31. The highest BCUT2D eigenvalue weighted by atomic mass is 16.6. The van der Waals surface area contributed by atoms with Gasteiger partial charge in [-0.2, -0.15) is 0 Å². The van der Waals surface area contributed by atoms with Gasteiger partial charge in [0.2, 0.25) is 0 Å². The maximum Gasteiger partial charge on any atom is 0.362 e. The Balaban J connectivity index is 4.44. The molecule has 0 aromatic carbocycles. The molecule has 0 radical (unpaired) electrons. The van der Waals surface area contributed by atoms with Gasteiger partial charge < -0.3 is 23.8 Å². The number of rotatable bonds is 27. The Bertz CT molecular complexity index is 912. The normalized spacial score (nSPS) is 13.9. The first-order valence-corrected chi connectivity index (χ1v) is 16.3. The van der Waals surface area contributed by atoms with Gasteiger partial charge in [-0.15, -0.1) is 0 Å². The Morgan fingerprint density at radius 2 is 1.25 bits per heavy atom. The van der Waals surface area contributed by atoms with Gasteiger partial charge in [0.05, 0.1) is 34.4 Å². The topological polar surface area (TPSA) is 99.1 Å². The van der Waals surface area contributed by atoms with Crippen LogP contribution in [0.3, 0.4) is 0 Å². The van der Waals surface area contributed by atoms with E-state index in [4.69, 9.17) is 14.2 Å². The van der Waals surface area contributed by atoms with Crippen molar-refractivity contribution in [3.8, 4) is 0 Å². The van der Waals surface area contributed by atoms with Crippen molar-refractivity contribution >= 4 is 17.9 Å². The number of unbranched alkanes of at least 4 members (excludes halogenated alkanes) is 3. The molecule has 0 aromatic heterocycles. The smallest absolute Gasteiger partial charge is 0.362 e. The first kappa shape index (κ1) is 41.0. The number of carbonyl (C=O) groups excluding carboxylic acids is 2. The summed E-state index contributed by atoms with van der Waals surface area (Å²) >= 11 is 0. The minimum atomic E-state index is -0.891. The molecule has 1 N–H and O–H groups in total. The summed E-state index contributed by atoms with van der Waals surface area (Å²) in [4.78, 5) is 36.1. The fourth-order valence-electron chi connectivity index (χ4n) is 4.12. The molecule has 0 spiro atoms. The predicted octanol–water partition coefficient (Wildman–Crippen LogP) is 7.51. The standard InChI is InChI=1S/C36H59NO7/c1-6-8-10-11-12-13-14-15-16-17-18-19-20-21-22-23-25-27-35(39)44-32(31-43-34(38)26-24-9-7-2)30-42-29-28-33(36(40)41)37(3,4)5/h8,10,12-13,15-16,18-19,21-22,32-33H,6-7,9,11,14,17,20,23-31H2,1-5H3/p+1/b10-8-,13-12-,16-15-,19-18-,22-21-. The number of aliphatic carboxylic acids is 1. The molecule has 0 amide bonds. The molecule has 0 heterocycles. The molecule has 0 aromatic rings. The van der Waals surface area contributed by atoms with Gasteiger partial charge in [0.1, 0.15) is 6.61 Å². The molecule has 2 unspecified atom stereocenters. The van der Waals surface area contributed by atoms with Crippen molar-refractivity contribution in [2.75, 3.05) is 41.0 Å². The van der Waals surface area contributed by atoms with Gasteiger partial charge in [-0.1, -0.05) is 87.4 Å². The van der Waals surface area contributed by atoms with Crippen LogP contribution in [0.5, 0.6) is 0 Å². The Morgan fingerprint density at radius 1 is 0.705 bits per heavy atom. The number of carboxylic acids is 1. The van der Waals surface area contributed by atoms with Crippen molar-refractivity contribution in [2.45, 2.75) is 109 Å². The van der Waals surface area contributed by atoms with Gasteiger partial charge in [0, 0.05) is 19.3 Å². The van der Waals surface area contributed by atoms with E-state index in [2.05, 4.69) is 74.6 Å². The van der Waals surface area contributed by atoms with Crippen molar-refractivity contribution in [1.29, 1.82) is 0 Å². The zero-order valence-electron chi connectivity index (χ0n) is 28.1. The molecule has 0 rings (SSSR count). The van der Waals surface area contributed by atoms with Crippen LogP contribution in [-0.2, 0) is 28.6 Å². The second-order valence-corrected chi connectivity index (χ2v) is 11.7. The molecule has 0 saturated carbocycles. The molecular formula is C36H60NO7+. The van der Waals surface area contributed by atoms with Crippen LogP contribution in [-0.4, -0.2) is 80.6 Å². The van der Waals surface area contributed by atoms with Crippen LogP contribution in [0.4, 0.5) is 0 Å². The van der Waals surface area contributed by atoms with Crippen LogP contribution in [0.2, 0.25) is 0 Å². The summed E-state index contributed by atoms with van der Waals surface area (Å²) in [5, 5.41) is 9.50. The Hall–Kier alpha value is -2.97. The summed E-state index contributed by atoms with van der Waals surface area (Å²) in [7, 11) is 5.46. The van der Waals surface area contributed by atoms with Crippen molar-refractivity contribution in [1.82, 2.24) is 0 Å². The van der Waals surface area contributed by atoms with Crippen LogP contribution >= 0.6 is 0 Å². The molecule has 8 heteroatoms. The van der Waals surface area contributed by atoms with E-state index in [0.29, 0.717) is 19.3 Å². The van der Waals surface area contributed by atoms with Crippen LogP contribution in [0, 0.1) is 0 Å². The van der Waals surface area contributed by atoms with E-state index in [9.17, 15) is 19.5 Å². The van der Waals surface area contributed by atoms with Gasteiger partial charge in [-0.05, 0) is 51.4 Å². The fraction of sp³-hybridized carbons (Fsp3) is 0.639. The predicted molar refractivity (Wildman–Crippen MR) is 178 cm³/mol. The number of quaternary nitrogens is 1. The number of ether oxygens (including phenoxy) is 3. The summed E-state index contributed by atoms with van der Waals surface area (Å²) in [6.45, 7) is 4.34. The second kappa shape index (κ2) is 27.6. The average molecular weight is 619 g/mol. The molecule has 2 atom stereocenters. The lowest BCUT2D eigenvalue weighted by atomic mass is 10.1. The van der Waals surface area contributed by atoms with Gasteiger partial charge >= 0.3 is 17.9 Å². The third-order valence-electron chi connectivity index (χ3n) is 6.68. The number of nitrogens with zero attached hydrogens (tertiary/aromatic N) is 1. The van der Waals surface area contributed by atoms with E-state index in [-0.39, 0.29) is 42.7 Å². The molecular weight excluding hydrogens is 558 g/mol. The van der Waals surface area contributed by atoms with E-state index in [0.717, 1.165) is 57.8 Å². The van der Waals surface area contributed by atoms with Gasteiger partial charge in [0.15, 0.2) is 12.1 Å². The minimum Gasteiger partial charge on any atom is -0.477 e. The highest BCUT2D eigenvalue weighted by molar-refractivity contribution is 5.72. The number of likely N-dealkylation sites (N-methyl/N-ethyl adjacent to an activating group) is 1. The zero-order chi connectivity index (χ0) is 32.9. The lowest BCUT2D eigenvalue weighted by molar-refractivity contribution is -0.887. The maximum absolute atomic E-state index is 12.5. The Morgan fingerprint density at radius 3 is 1.77 bits per heavy atom. The molecule has 0 bridgehead atoms. The van der Waals surface area contributed by atoms with Crippen molar-refractivity contribution < 1.29 is 38.2 Å². The van der Waals surface area contributed by atoms with E-state index in [1.54, 1.807) is 0 Å². The zero-order valence-corrected chi connectivity index (χ0v) is 28.1. The average Bonchev–Trinajstić information content (AvgIpc) is 2.96. The fourth-order valence-corrected chi connectivity index (χ4v) is 4.12. The van der Waals surface area contributed by atoms with Crippen LogP contribution in [0.1, 0.15) is 97.3 Å². The lowest BCUT2D eigenvalue weighted by Crippen LogP contribution is -2.50. The summed E-state index contributed by atoms with van der Waals surface area (Å²) in [6, 6.07) is -0.622. The molecule has 0 aliphatic heterocycles. The summed E-state index contributed by atoms with van der Waals surface area (Å²) in [5.74, 6) is -1.59. The SMILES string of the molecule is CC/C=C\C/C=C\C/C=C\C/C=C\C/C=C\CCCC(=O)OC(COCCC(C(=O)O)[N+](C)(C)C)COC(=O)CCCCC. The number of hydrogen-bond acceptors (Lipinski definition) is 6. The van der Waals surface area contributed by atoms with E-state index in [1.165, 1.54) is 0 Å². The molecule has 0 aliphatic carbocycles. The summed E-state index contributed by atoms with van der Waals surface area (Å²) in [5.41, 5.74) is 0. The van der Waals surface area contributed by atoms with Crippen molar-refractivity contribution in [3.63, 3.8) is 0 Å². The molecule has 0 saturated heterocycles. The first-order chi connectivity index (χ1) is 21.1. The van der Waals surface area contributed by atoms with Gasteiger partial charge in [0.25, 0.3) is 0 Å².